The van der Waals surface area contributed by atoms with Crippen LogP contribution < -0.4 is 5.32 Å². The Morgan fingerprint density at radius 2 is 2.12 bits per heavy atom. The van der Waals surface area contributed by atoms with Crippen molar-refractivity contribution in [1.29, 1.82) is 0 Å². The molecular weight excluding hydrogens is 454 g/mol. The summed E-state index contributed by atoms with van der Waals surface area (Å²) < 4.78 is 7.30. The maximum Gasteiger partial charge on any atom is 0.220 e. The Labute approximate surface area is 203 Å². The molecule has 1 amide bonds. The number of nitrogens with one attached hydrogen (secondary N) is 1. The monoisotopic (exact) mass is 485 g/mol. The third kappa shape index (κ3) is 8.16. The van der Waals surface area contributed by atoms with Gasteiger partial charge in [0.1, 0.15) is 5.76 Å². The van der Waals surface area contributed by atoms with Gasteiger partial charge in [-0.15, -0.1) is 17.9 Å². The average molecular weight is 486 g/mol. The second-order valence-electron chi connectivity index (χ2n) is 8.09. The highest BCUT2D eigenvalue weighted by atomic mass is 32.2. The fourth-order valence-corrected chi connectivity index (χ4v) is 5.12. The summed E-state index contributed by atoms with van der Waals surface area (Å²) >= 11 is 3.17. The molecule has 176 valence electrons. The van der Waals surface area contributed by atoms with Crippen molar-refractivity contribution in [2.75, 3.05) is 6.54 Å². The van der Waals surface area contributed by atoms with Crippen LogP contribution in [0.4, 0.5) is 0 Å². The first-order valence-electron chi connectivity index (χ1n) is 10.9. The van der Waals surface area contributed by atoms with Crippen LogP contribution in [-0.2, 0) is 17.8 Å². The molecule has 3 unspecified atom stereocenters. The maximum absolute atomic E-state index is 12.7. The van der Waals surface area contributed by atoms with Crippen molar-refractivity contribution in [3.05, 3.63) is 82.9 Å². The zero-order valence-corrected chi connectivity index (χ0v) is 20.6. The summed E-state index contributed by atoms with van der Waals surface area (Å²) in [4.78, 5) is 14.7. The van der Waals surface area contributed by atoms with Gasteiger partial charge in [-0.05, 0) is 48.2 Å². The largest absolute Gasteiger partial charge is 0.390 e. The molecule has 3 atom stereocenters. The van der Waals surface area contributed by atoms with E-state index in [9.17, 15) is 9.90 Å². The Balaban J connectivity index is 1.75. The molecule has 2 aromatic heterocycles. The van der Waals surface area contributed by atoms with Crippen LogP contribution in [0.3, 0.4) is 0 Å². The minimum atomic E-state index is -0.777. The van der Waals surface area contributed by atoms with Crippen LogP contribution in [0.1, 0.15) is 29.5 Å². The van der Waals surface area contributed by atoms with Crippen molar-refractivity contribution >= 4 is 29.2 Å². The number of thiophene rings is 1. The number of amides is 1. The van der Waals surface area contributed by atoms with E-state index in [0.717, 1.165) is 16.2 Å². The van der Waals surface area contributed by atoms with E-state index < -0.39 is 12.1 Å². The molecule has 0 spiro atoms. The van der Waals surface area contributed by atoms with Crippen LogP contribution in [0.2, 0.25) is 0 Å². The summed E-state index contributed by atoms with van der Waals surface area (Å²) in [6.45, 7) is 8.61. The Morgan fingerprint density at radius 3 is 2.76 bits per heavy atom. The molecule has 0 bridgehead atoms. The second kappa shape index (κ2) is 12.7. The Hall–Kier alpha value is -2.39. The van der Waals surface area contributed by atoms with Gasteiger partial charge >= 0.3 is 0 Å². The van der Waals surface area contributed by atoms with E-state index in [2.05, 4.69) is 27.4 Å². The Morgan fingerprint density at radius 1 is 1.33 bits per heavy atom. The van der Waals surface area contributed by atoms with Gasteiger partial charge in [-0.2, -0.15) is 0 Å². The van der Waals surface area contributed by atoms with E-state index in [1.54, 1.807) is 23.6 Å². The molecule has 2 heterocycles. The first-order valence-corrected chi connectivity index (χ1v) is 12.6. The van der Waals surface area contributed by atoms with Gasteiger partial charge in [0.25, 0.3) is 0 Å². The lowest BCUT2D eigenvalue weighted by atomic mass is 10.00. The minimum Gasteiger partial charge on any atom is -0.390 e. The van der Waals surface area contributed by atoms with Gasteiger partial charge in [0.2, 0.25) is 5.91 Å². The van der Waals surface area contributed by atoms with Gasteiger partial charge in [-0.3, -0.25) is 4.79 Å². The van der Waals surface area contributed by atoms with Crippen molar-refractivity contribution in [3.8, 4) is 0 Å². The lowest BCUT2D eigenvalue weighted by Crippen LogP contribution is -2.48. The van der Waals surface area contributed by atoms with Gasteiger partial charge in [0, 0.05) is 24.4 Å². The van der Waals surface area contributed by atoms with Crippen LogP contribution in [0, 0.1) is 12.8 Å². The smallest absolute Gasteiger partial charge is 0.220 e. The van der Waals surface area contributed by atoms with Crippen LogP contribution in [0.25, 0.3) is 0 Å². The molecule has 2 N–H and O–H groups in total. The van der Waals surface area contributed by atoms with Crippen LogP contribution >= 0.6 is 23.3 Å². The average Bonchev–Trinajstić information content (AvgIpc) is 3.45. The van der Waals surface area contributed by atoms with Crippen molar-refractivity contribution in [2.24, 2.45) is 5.92 Å². The lowest BCUT2D eigenvalue weighted by molar-refractivity contribution is -0.123. The molecule has 0 aliphatic heterocycles. The Bertz CT molecular complexity index is 992. The van der Waals surface area contributed by atoms with E-state index in [4.69, 9.17) is 4.52 Å². The van der Waals surface area contributed by atoms with Crippen molar-refractivity contribution < 1.29 is 14.4 Å². The lowest BCUT2D eigenvalue weighted by Gasteiger charge is -2.29. The number of benzene rings is 1. The molecule has 33 heavy (non-hydrogen) atoms. The summed E-state index contributed by atoms with van der Waals surface area (Å²) in [6, 6.07) is 13.6. The van der Waals surface area contributed by atoms with Crippen molar-refractivity contribution in [1.82, 2.24) is 14.8 Å². The molecule has 8 heteroatoms. The number of aliphatic hydroxyl groups is 1. The summed E-state index contributed by atoms with van der Waals surface area (Å²) in [7, 11) is 0. The number of rotatable bonds is 13. The number of nitrogens with zero attached hydrogens (tertiary/aromatic N) is 2. The van der Waals surface area contributed by atoms with Crippen LogP contribution in [-0.4, -0.2) is 39.2 Å². The first kappa shape index (κ1) is 25.2. The standard InChI is InChI=1S/C25H31N3O3S2/c1-4-18(2)13-25(30)27-22(14-20-9-6-5-7-10-20)23(29)17-28(16-21-11-8-12-32-21)33-24-15-26-31-19(24)3/h4-12,15,18,22-23,29H,1,13-14,16-17H2,2-3H3,(H,27,30). The fourth-order valence-electron chi connectivity index (χ4n) is 3.36. The maximum atomic E-state index is 12.7. The van der Waals surface area contributed by atoms with Crippen LogP contribution in [0.5, 0.6) is 0 Å². The van der Waals surface area contributed by atoms with Gasteiger partial charge in [-0.25, -0.2) is 4.31 Å². The number of hydrogen-bond donors (Lipinski definition) is 2. The minimum absolute atomic E-state index is 0.0713. The SMILES string of the molecule is C=CC(C)CC(=O)NC(Cc1ccccc1)C(O)CN(Cc1cccs1)Sc1cnoc1C. The molecule has 0 saturated carbocycles. The predicted molar refractivity (Wildman–Crippen MR) is 134 cm³/mol. The first-order chi connectivity index (χ1) is 15.9. The third-order valence-corrected chi connectivity index (χ3v) is 7.24. The van der Waals surface area contributed by atoms with E-state index in [1.165, 1.54) is 16.8 Å². The number of carbonyl (C=O) groups excluding carboxylic acids is 1. The highest BCUT2D eigenvalue weighted by Gasteiger charge is 2.26. The molecular formula is C25H31N3O3S2. The number of hydrogen-bond acceptors (Lipinski definition) is 7. The van der Waals surface area contributed by atoms with Gasteiger partial charge < -0.3 is 14.9 Å². The normalized spacial score (nSPS) is 14.1. The zero-order chi connectivity index (χ0) is 23.6. The van der Waals surface area contributed by atoms with E-state index in [0.29, 0.717) is 25.9 Å². The fraction of sp³-hybridized carbons (Fsp3) is 0.360. The van der Waals surface area contributed by atoms with E-state index in [1.807, 2.05) is 55.6 Å². The van der Waals surface area contributed by atoms with Gasteiger partial charge in [0.15, 0.2) is 0 Å². The molecule has 1 aromatic carbocycles. The van der Waals surface area contributed by atoms with Crippen molar-refractivity contribution in [2.45, 2.75) is 50.3 Å². The third-order valence-electron chi connectivity index (χ3n) is 5.26. The molecule has 0 aliphatic carbocycles. The topological polar surface area (TPSA) is 78.6 Å². The van der Waals surface area contributed by atoms with Crippen LogP contribution in [0.15, 0.2) is 76.1 Å². The van der Waals surface area contributed by atoms with Gasteiger partial charge in [-0.1, -0.05) is 54.6 Å². The quantitative estimate of drug-likeness (QED) is 0.266. The summed E-state index contributed by atoms with van der Waals surface area (Å²) in [6.07, 6.45) is 3.56. The second-order valence-corrected chi connectivity index (χ2v) is 10.3. The highest BCUT2D eigenvalue weighted by molar-refractivity contribution is 7.97. The number of aryl methyl sites for hydroxylation is 1. The molecule has 3 aromatic rings. The molecule has 0 aliphatic rings. The number of carbonyl (C=O) groups is 1. The molecule has 6 nitrogen and oxygen atoms in total. The Kier molecular flexibility index (Phi) is 9.75. The zero-order valence-electron chi connectivity index (χ0n) is 19.0. The number of aliphatic hydroxyl groups excluding tert-OH is 1. The molecule has 0 fully saturated rings. The number of allylic oxidation sites excluding steroid dienone is 1. The summed E-state index contributed by atoms with van der Waals surface area (Å²) in [5, 5.41) is 20.3. The van der Waals surface area contributed by atoms with Crippen molar-refractivity contribution in [3.63, 3.8) is 0 Å². The number of aromatic nitrogens is 1. The van der Waals surface area contributed by atoms with E-state index >= 15 is 0 Å². The summed E-state index contributed by atoms with van der Waals surface area (Å²) in [5.74, 6) is 0.718. The van der Waals surface area contributed by atoms with Gasteiger partial charge in [0.05, 0.1) is 23.2 Å². The highest BCUT2D eigenvalue weighted by Crippen LogP contribution is 2.29. The molecule has 0 radical (unpaired) electrons. The predicted octanol–water partition coefficient (Wildman–Crippen LogP) is 4.85. The summed E-state index contributed by atoms with van der Waals surface area (Å²) in [5.41, 5.74) is 1.06. The molecule has 0 saturated heterocycles. The molecule has 3 rings (SSSR count). The van der Waals surface area contributed by atoms with E-state index in [-0.39, 0.29) is 11.8 Å².